The van der Waals surface area contributed by atoms with Crippen LogP contribution in [0, 0.1) is 0 Å². The molecule has 2 aromatic carbocycles. The Morgan fingerprint density at radius 1 is 1.03 bits per heavy atom. The van der Waals surface area contributed by atoms with Gasteiger partial charge in [0.1, 0.15) is 18.5 Å². The summed E-state index contributed by atoms with van der Waals surface area (Å²) in [5, 5.41) is 11.5. The summed E-state index contributed by atoms with van der Waals surface area (Å²) >= 11 is 0. The van der Waals surface area contributed by atoms with Crippen molar-refractivity contribution in [2.75, 3.05) is 19.6 Å². The third kappa shape index (κ3) is 5.75. The van der Waals surface area contributed by atoms with Gasteiger partial charge in [0.15, 0.2) is 0 Å². The molecule has 0 unspecified atom stereocenters. The fraction of sp³-hybridized carbons (Fsp3) is 0.444. The molecule has 0 spiro atoms. The van der Waals surface area contributed by atoms with E-state index in [0.717, 1.165) is 55.6 Å². The van der Waals surface area contributed by atoms with Crippen LogP contribution in [-0.4, -0.2) is 58.8 Å². The van der Waals surface area contributed by atoms with Crippen molar-refractivity contribution in [3.05, 3.63) is 77.9 Å². The third-order valence-electron chi connectivity index (χ3n) is 6.52. The standard InChI is InChI=1S/C27H32N2O4/c30-26(21-8-12-23(13-9-21)33-24-14-15-24)25(18-28-16-4-5-17-28)29(22-10-11-22)27(31)32-19-20-6-2-1-3-7-20/h1-3,6-13,22,24-26,30H,4-5,14-19H2/t25-,26-/m1/s1. The molecule has 174 valence electrons. The van der Waals surface area contributed by atoms with Gasteiger partial charge >= 0.3 is 6.09 Å². The normalized spacial score (nSPS) is 19.8. The highest BCUT2D eigenvalue weighted by Gasteiger charge is 2.39. The van der Waals surface area contributed by atoms with Crippen molar-refractivity contribution in [1.82, 2.24) is 9.80 Å². The molecule has 1 heterocycles. The molecule has 3 aliphatic rings. The van der Waals surface area contributed by atoms with E-state index in [-0.39, 0.29) is 12.6 Å². The smallest absolute Gasteiger partial charge is 0.411 e. The molecule has 5 rings (SSSR count). The molecule has 1 aliphatic heterocycles. The number of carbonyl (C=O) groups is 1. The summed E-state index contributed by atoms with van der Waals surface area (Å²) in [6.45, 7) is 2.80. The Bertz CT molecular complexity index is 946. The number of amides is 1. The van der Waals surface area contributed by atoms with Gasteiger partial charge in [-0.25, -0.2) is 4.79 Å². The van der Waals surface area contributed by atoms with Crippen LogP contribution in [0.3, 0.4) is 0 Å². The van der Waals surface area contributed by atoms with Crippen LogP contribution >= 0.6 is 0 Å². The number of aliphatic hydroxyl groups is 1. The minimum absolute atomic E-state index is 0.118. The molecule has 1 amide bonds. The highest BCUT2D eigenvalue weighted by Crippen LogP contribution is 2.32. The van der Waals surface area contributed by atoms with Crippen molar-refractivity contribution in [3.8, 4) is 5.75 Å². The van der Waals surface area contributed by atoms with E-state index in [1.807, 2.05) is 66.7 Å². The monoisotopic (exact) mass is 448 g/mol. The number of nitrogens with zero attached hydrogens (tertiary/aromatic N) is 2. The number of rotatable bonds is 10. The molecular formula is C27H32N2O4. The van der Waals surface area contributed by atoms with Crippen molar-refractivity contribution in [2.24, 2.45) is 0 Å². The van der Waals surface area contributed by atoms with E-state index in [9.17, 15) is 9.90 Å². The number of likely N-dealkylation sites (tertiary alicyclic amines) is 1. The van der Waals surface area contributed by atoms with Crippen LogP contribution in [-0.2, 0) is 11.3 Å². The molecule has 1 saturated heterocycles. The maximum atomic E-state index is 13.2. The van der Waals surface area contributed by atoms with Gasteiger partial charge in [0.2, 0.25) is 0 Å². The van der Waals surface area contributed by atoms with Gasteiger partial charge in [-0.2, -0.15) is 0 Å². The Kier molecular flexibility index (Phi) is 6.65. The van der Waals surface area contributed by atoms with Gasteiger partial charge in [0, 0.05) is 6.54 Å². The van der Waals surface area contributed by atoms with Crippen molar-refractivity contribution in [3.63, 3.8) is 0 Å². The van der Waals surface area contributed by atoms with Gasteiger partial charge in [-0.1, -0.05) is 54.6 Å². The summed E-state index contributed by atoms with van der Waals surface area (Å²) in [6.07, 6.45) is 7.57. The molecule has 2 atom stereocenters. The first kappa shape index (κ1) is 22.0. The molecule has 0 aromatic heterocycles. The zero-order valence-corrected chi connectivity index (χ0v) is 18.9. The Hall–Kier alpha value is -2.83. The lowest BCUT2D eigenvalue weighted by Gasteiger charge is -2.37. The fourth-order valence-corrected chi connectivity index (χ4v) is 4.42. The van der Waals surface area contributed by atoms with Crippen molar-refractivity contribution >= 4 is 6.09 Å². The predicted molar refractivity (Wildman–Crippen MR) is 126 cm³/mol. The second-order valence-corrected chi connectivity index (χ2v) is 9.23. The highest BCUT2D eigenvalue weighted by atomic mass is 16.6. The van der Waals surface area contributed by atoms with Crippen molar-refractivity contribution in [1.29, 1.82) is 0 Å². The van der Waals surface area contributed by atoms with Crippen molar-refractivity contribution < 1.29 is 19.4 Å². The highest BCUT2D eigenvalue weighted by molar-refractivity contribution is 5.70. The lowest BCUT2D eigenvalue weighted by Crippen LogP contribution is -2.51. The molecule has 1 N–H and O–H groups in total. The van der Waals surface area contributed by atoms with Gasteiger partial charge in [-0.15, -0.1) is 0 Å². The van der Waals surface area contributed by atoms with Gasteiger partial charge in [0.05, 0.1) is 18.2 Å². The molecule has 0 radical (unpaired) electrons. The summed E-state index contributed by atoms with van der Waals surface area (Å²) in [6, 6.07) is 16.8. The molecule has 0 bridgehead atoms. The van der Waals surface area contributed by atoms with Crippen LogP contribution in [0.2, 0.25) is 0 Å². The zero-order chi connectivity index (χ0) is 22.6. The second kappa shape index (κ2) is 9.98. The van der Waals surface area contributed by atoms with Crippen LogP contribution in [0.15, 0.2) is 66.7 Å². The Morgan fingerprint density at radius 3 is 2.36 bits per heavy atom. The van der Waals surface area contributed by atoms with Crippen molar-refractivity contribution in [2.45, 2.75) is 56.6 Å². The minimum Gasteiger partial charge on any atom is -0.490 e. The van der Waals surface area contributed by atoms with Crippen LogP contribution in [0.1, 0.15) is 42.9 Å². The molecular weight excluding hydrogens is 416 g/mol. The van der Waals surface area contributed by atoms with E-state index in [2.05, 4.69) is 4.90 Å². The SMILES string of the molecule is O=C(OCc1ccccc1)N(C1C=C1)[C@H](CN1CCCC1)[C@H](O)c1ccc(OC2CC2)cc1. The Balaban J connectivity index is 1.33. The number of benzene rings is 2. The van der Waals surface area contributed by atoms with E-state index in [1.165, 1.54) is 0 Å². The van der Waals surface area contributed by atoms with Crippen LogP contribution in [0.25, 0.3) is 0 Å². The van der Waals surface area contributed by atoms with Gasteiger partial charge in [0.25, 0.3) is 0 Å². The molecule has 6 nitrogen and oxygen atoms in total. The average Bonchev–Trinajstić information content (AvgIpc) is 3.78. The number of aliphatic hydroxyl groups excluding tert-OH is 1. The third-order valence-corrected chi connectivity index (χ3v) is 6.52. The zero-order valence-electron chi connectivity index (χ0n) is 18.9. The molecule has 2 fully saturated rings. The molecule has 33 heavy (non-hydrogen) atoms. The molecule has 1 saturated carbocycles. The second-order valence-electron chi connectivity index (χ2n) is 9.23. The number of hydrogen-bond donors (Lipinski definition) is 1. The van der Waals surface area contributed by atoms with E-state index in [4.69, 9.17) is 9.47 Å². The maximum Gasteiger partial charge on any atom is 0.411 e. The summed E-state index contributed by atoms with van der Waals surface area (Å²) in [5.74, 6) is 0.826. The summed E-state index contributed by atoms with van der Waals surface area (Å²) in [7, 11) is 0. The predicted octanol–water partition coefficient (Wildman–Crippen LogP) is 4.30. The Morgan fingerprint density at radius 2 is 1.73 bits per heavy atom. The topological polar surface area (TPSA) is 62.2 Å². The van der Waals surface area contributed by atoms with E-state index >= 15 is 0 Å². The lowest BCUT2D eigenvalue weighted by atomic mass is 10.00. The summed E-state index contributed by atoms with van der Waals surface area (Å²) in [5.41, 5.74) is 1.72. The molecule has 2 aliphatic carbocycles. The minimum atomic E-state index is -0.827. The molecule has 6 heteroatoms. The van der Waals surface area contributed by atoms with E-state index in [0.29, 0.717) is 12.6 Å². The van der Waals surface area contributed by atoms with E-state index in [1.54, 1.807) is 4.90 Å². The first-order chi connectivity index (χ1) is 16.2. The first-order valence-electron chi connectivity index (χ1n) is 12.0. The van der Waals surface area contributed by atoms with Crippen LogP contribution in [0.5, 0.6) is 5.75 Å². The Labute approximate surface area is 195 Å². The van der Waals surface area contributed by atoms with Gasteiger partial charge in [-0.3, -0.25) is 4.90 Å². The van der Waals surface area contributed by atoms with Crippen LogP contribution < -0.4 is 4.74 Å². The number of carbonyl (C=O) groups excluding carboxylic acids is 1. The lowest BCUT2D eigenvalue weighted by molar-refractivity contribution is 0.0169. The molecule has 2 aromatic rings. The quantitative estimate of drug-likeness (QED) is 0.549. The van der Waals surface area contributed by atoms with E-state index < -0.39 is 18.2 Å². The maximum absolute atomic E-state index is 13.2. The van der Waals surface area contributed by atoms with Crippen LogP contribution in [0.4, 0.5) is 4.79 Å². The summed E-state index contributed by atoms with van der Waals surface area (Å²) in [4.78, 5) is 17.3. The fourth-order valence-electron chi connectivity index (χ4n) is 4.42. The number of hydrogen-bond acceptors (Lipinski definition) is 5. The largest absolute Gasteiger partial charge is 0.490 e. The number of ether oxygens (including phenoxy) is 2. The first-order valence-corrected chi connectivity index (χ1v) is 12.0. The van der Waals surface area contributed by atoms with Gasteiger partial charge < -0.3 is 19.5 Å². The van der Waals surface area contributed by atoms with Gasteiger partial charge in [-0.05, 0) is 62.0 Å². The summed E-state index contributed by atoms with van der Waals surface area (Å²) < 4.78 is 11.5. The average molecular weight is 449 g/mol.